The molecule has 2 aromatic rings. The zero-order valence-electron chi connectivity index (χ0n) is 14.7. The van der Waals surface area contributed by atoms with E-state index >= 15 is 0 Å². The number of hydrazine groups is 1. The van der Waals surface area contributed by atoms with Crippen molar-refractivity contribution in [3.8, 4) is 5.75 Å². The Balaban J connectivity index is 1.96. The maximum absolute atomic E-state index is 12.3. The Morgan fingerprint density at radius 2 is 1.58 bits per heavy atom. The topological polar surface area (TPSA) is 96.5 Å². The van der Waals surface area contributed by atoms with Crippen LogP contribution in [-0.4, -0.2) is 24.3 Å². The molecule has 0 radical (unpaired) electrons. The Morgan fingerprint density at radius 3 is 2.23 bits per heavy atom. The van der Waals surface area contributed by atoms with Crippen LogP contribution in [0.15, 0.2) is 48.5 Å². The highest BCUT2D eigenvalue weighted by Gasteiger charge is 2.13. The summed E-state index contributed by atoms with van der Waals surface area (Å²) in [6.07, 6.45) is 0.821. The van der Waals surface area contributed by atoms with Crippen molar-refractivity contribution in [2.75, 3.05) is 11.9 Å². The summed E-state index contributed by atoms with van der Waals surface area (Å²) in [5.74, 6) is -0.682. The van der Waals surface area contributed by atoms with Gasteiger partial charge in [-0.2, -0.15) is 0 Å². The van der Waals surface area contributed by atoms with Crippen LogP contribution in [0.2, 0.25) is 0 Å². The van der Waals surface area contributed by atoms with Crippen LogP contribution < -0.4 is 20.9 Å². The molecule has 0 aliphatic heterocycles. The van der Waals surface area contributed by atoms with Gasteiger partial charge >= 0.3 is 0 Å². The standard InChI is InChI=1S/C19H21N3O4/c1-3-12-26-17-7-5-4-6-16(17)19(25)22-21-18(24)14-8-10-15(11-9-14)20-13(2)23/h4-11H,3,12H2,1-2H3,(H,20,23)(H,21,24)(H,22,25). The molecular weight excluding hydrogens is 334 g/mol. The van der Waals surface area contributed by atoms with E-state index in [2.05, 4.69) is 16.2 Å². The van der Waals surface area contributed by atoms with Crippen LogP contribution >= 0.6 is 0 Å². The van der Waals surface area contributed by atoms with Crippen LogP contribution in [0.25, 0.3) is 0 Å². The van der Waals surface area contributed by atoms with Gasteiger partial charge in [0.05, 0.1) is 12.2 Å². The molecule has 2 aromatic carbocycles. The van der Waals surface area contributed by atoms with Crippen LogP contribution in [0.3, 0.4) is 0 Å². The molecule has 0 heterocycles. The molecule has 0 saturated heterocycles. The van der Waals surface area contributed by atoms with Crippen LogP contribution in [-0.2, 0) is 4.79 Å². The lowest BCUT2D eigenvalue weighted by Crippen LogP contribution is -2.41. The van der Waals surface area contributed by atoms with Crippen molar-refractivity contribution in [1.29, 1.82) is 0 Å². The third-order valence-electron chi connectivity index (χ3n) is 3.35. The average Bonchev–Trinajstić information content (AvgIpc) is 2.64. The highest BCUT2D eigenvalue weighted by molar-refractivity contribution is 6.00. The Bertz CT molecular complexity index is 788. The lowest BCUT2D eigenvalue weighted by molar-refractivity contribution is -0.114. The van der Waals surface area contributed by atoms with Crippen LogP contribution in [0.5, 0.6) is 5.75 Å². The molecule has 0 saturated carbocycles. The molecular formula is C19H21N3O4. The van der Waals surface area contributed by atoms with E-state index in [0.29, 0.717) is 29.2 Å². The molecule has 0 atom stereocenters. The zero-order valence-corrected chi connectivity index (χ0v) is 14.7. The summed E-state index contributed by atoms with van der Waals surface area (Å²) < 4.78 is 5.54. The van der Waals surface area contributed by atoms with Crippen molar-refractivity contribution in [2.45, 2.75) is 20.3 Å². The van der Waals surface area contributed by atoms with Gasteiger partial charge in [0, 0.05) is 18.2 Å². The highest BCUT2D eigenvalue weighted by Crippen LogP contribution is 2.17. The number of hydrogen-bond acceptors (Lipinski definition) is 4. The second-order valence-corrected chi connectivity index (χ2v) is 5.51. The first-order valence-electron chi connectivity index (χ1n) is 8.21. The van der Waals surface area contributed by atoms with Gasteiger partial charge in [-0.15, -0.1) is 0 Å². The van der Waals surface area contributed by atoms with Gasteiger partial charge in [-0.1, -0.05) is 19.1 Å². The molecule has 136 valence electrons. The summed E-state index contributed by atoms with van der Waals surface area (Å²) in [6.45, 7) is 3.87. The molecule has 3 amide bonds. The van der Waals surface area contributed by atoms with Gasteiger partial charge in [-0.05, 0) is 42.8 Å². The van der Waals surface area contributed by atoms with Crippen molar-refractivity contribution < 1.29 is 19.1 Å². The molecule has 2 rings (SSSR count). The molecule has 3 N–H and O–H groups in total. The van der Waals surface area contributed by atoms with Gasteiger partial charge in [0.25, 0.3) is 11.8 Å². The monoisotopic (exact) mass is 355 g/mol. The Hall–Kier alpha value is -3.35. The van der Waals surface area contributed by atoms with E-state index < -0.39 is 11.8 Å². The van der Waals surface area contributed by atoms with Gasteiger partial charge in [-0.25, -0.2) is 0 Å². The van der Waals surface area contributed by atoms with Crippen molar-refractivity contribution in [2.24, 2.45) is 0 Å². The van der Waals surface area contributed by atoms with Gasteiger partial charge in [0.2, 0.25) is 5.91 Å². The number of rotatable bonds is 6. The molecule has 0 fully saturated rings. The minimum atomic E-state index is -0.473. The predicted molar refractivity (Wildman–Crippen MR) is 97.9 cm³/mol. The Labute approximate surface area is 151 Å². The van der Waals surface area contributed by atoms with Gasteiger partial charge < -0.3 is 10.1 Å². The molecule has 0 unspecified atom stereocenters. The maximum atomic E-state index is 12.3. The Kier molecular flexibility index (Phi) is 6.73. The minimum Gasteiger partial charge on any atom is -0.493 e. The molecule has 0 bridgehead atoms. The van der Waals surface area contributed by atoms with E-state index in [0.717, 1.165) is 6.42 Å². The minimum absolute atomic E-state index is 0.196. The fourth-order valence-corrected chi connectivity index (χ4v) is 2.15. The molecule has 7 heteroatoms. The SMILES string of the molecule is CCCOc1ccccc1C(=O)NNC(=O)c1ccc(NC(C)=O)cc1. The number of amides is 3. The summed E-state index contributed by atoms with van der Waals surface area (Å²) in [5.41, 5.74) is 5.99. The fraction of sp³-hybridized carbons (Fsp3) is 0.211. The van der Waals surface area contributed by atoms with Crippen LogP contribution in [0, 0.1) is 0 Å². The van der Waals surface area contributed by atoms with Gasteiger partial charge in [0.15, 0.2) is 0 Å². The summed E-state index contributed by atoms with van der Waals surface area (Å²) >= 11 is 0. The van der Waals surface area contributed by atoms with Gasteiger partial charge in [-0.3, -0.25) is 25.2 Å². The number of hydrogen-bond donors (Lipinski definition) is 3. The van der Waals surface area contributed by atoms with Crippen molar-refractivity contribution in [3.63, 3.8) is 0 Å². The summed E-state index contributed by atoms with van der Waals surface area (Å²) in [4.78, 5) is 35.4. The average molecular weight is 355 g/mol. The molecule has 0 spiro atoms. The molecule has 0 aliphatic rings. The quantitative estimate of drug-likeness (QED) is 0.694. The van der Waals surface area contributed by atoms with Crippen LogP contribution in [0.1, 0.15) is 41.0 Å². The van der Waals surface area contributed by atoms with E-state index in [1.54, 1.807) is 48.5 Å². The van der Waals surface area contributed by atoms with E-state index in [-0.39, 0.29) is 5.91 Å². The van der Waals surface area contributed by atoms with Gasteiger partial charge in [0.1, 0.15) is 5.75 Å². The fourth-order valence-electron chi connectivity index (χ4n) is 2.15. The second-order valence-electron chi connectivity index (χ2n) is 5.51. The van der Waals surface area contributed by atoms with E-state index in [9.17, 15) is 14.4 Å². The first-order chi connectivity index (χ1) is 12.5. The number of para-hydroxylation sites is 1. The Morgan fingerprint density at radius 1 is 0.923 bits per heavy atom. The number of anilines is 1. The molecule has 26 heavy (non-hydrogen) atoms. The number of carbonyl (C=O) groups is 3. The summed E-state index contributed by atoms with van der Waals surface area (Å²) in [6, 6.07) is 13.1. The van der Waals surface area contributed by atoms with E-state index in [1.807, 2.05) is 6.92 Å². The molecule has 0 aliphatic carbocycles. The maximum Gasteiger partial charge on any atom is 0.273 e. The normalized spacial score (nSPS) is 9.92. The largest absolute Gasteiger partial charge is 0.493 e. The number of benzene rings is 2. The molecule has 0 aromatic heterocycles. The van der Waals surface area contributed by atoms with Crippen LogP contribution in [0.4, 0.5) is 5.69 Å². The third kappa shape index (κ3) is 5.34. The number of nitrogens with one attached hydrogen (secondary N) is 3. The lowest BCUT2D eigenvalue weighted by atomic mass is 10.2. The predicted octanol–water partition coefficient (Wildman–Crippen LogP) is 2.51. The van der Waals surface area contributed by atoms with Crippen molar-refractivity contribution in [3.05, 3.63) is 59.7 Å². The van der Waals surface area contributed by atoms with Crippen molar-refractivity contribution >= 4 is 23.4 Å². The number of carbonyl (C=O) groups excluding carboxylic acids is 3. The first kappa shape index (κ1) is 19.0. The summed E-state index contributed by atoms with van der Waals surface area (Å²) in [7, 11) is 0. The smallest absolute Gasteiger partial charge is 0.273 e. The molecule has 7 nitrogen and oxygen atoms in total. The summed E-state index contributed by atoms with van der Waals surface area (Å²) in [5, 5.41) is 2.61. The zero-order chi connectivity index (χ0) is 18.9. The highest BCUT2D eigenvalue weighted by atomic mass is 16.5. The second kappa shape index (κ2) is 9.22. The third-order valence-corrected chi connectivity index (χ3v) is 3.35. The van der Waals surface area contributed by atoms with Crippen molar-refractivity contribution in [1.82, 2.24) is 10.9 Å². The van der Waals surface area contributed by atoms with E-state index in [1.165, 1.54) is 6.92 Å². The first-order valence-corrected chi connectivity index (χ1v) is 8.21. The number of ether oxygens (including phenoxy) is 1. The van der Waals surface area contributed by atoms with E-state index in [4.69, 9.17) is 4.74 Å². The lowest BCUT2D eigenvalue weighted by Gasteiger charge is -2.12.